The van der Waals surface area contributed by atoms with Crippen LogP contribution in [0.1, 0.15) is 11.6 Å². The van der Waals surface area contributed by atoms with Gasteiger partial charge in [0.05, 0.1) is 32.1 Å². The van der Waals surface area contributed by atoms with E-state index in [2.05, 4.69) is 37.9 Å². The van der Waals surface area contributed by atoms with E-state index in [1.54, 1.807) is 4.68 Å². The van der Waals surface area contributed by atoms with Gasteiger partial charge < -0.3 is 18.9 Å². The third kappa shape index (κ3) is 4.92. The Hall–Kier alpha value is -3.90. The molecule has 4 aromatic rings. The highest BCUT2D eigenvalue weighted by atomic mass is 16.6. The van der Waals surface area contributed by atoms with E-state index < -0.39 is 18.3 Å². The van der Waals surface area contributed by atoms with Gasteiger partial charge in [-0.05, 0) is 27.4 Å². The lowest BCUT2D eigenvalue weighted by molar-refractivity contribution is 0.00775. The van der Waals surface area contributed by atoms with Gasteiger partial charge in [0.15, 0.2) is 11.9 Å². The maximum Gasteiger partial charge on any atom is 0.412 e. The van der Waals surface area contributed by atoms with E-state index in [-0.39, 0.29) is 18.8 Å². The quantitative estimate of drug-likeness (QED) is 0.392. The SMILES string of the molecule is O=C(Nc1cccc2ccccc12)OC1COC2C1OCC2n1nnnc1-c1ccc(CN2CCOCC2)cc1. The minimum Gasteiger partial charge on any atom is -0.441 e. The summed E-state index contributed by atoms with van der Waals surface area (Å²) in [5.41, 5.74) is 2.84. The molecule has 4 atom stereocenters. The van der Waals surface area contributed by atoms with Gasteiger partial charge in [-0.15, -0.1) is 5.10 Å². The fraction of sp³-hybridized carbons (Fsp3) is 0.379. The minimum atomic E-state index is -0.544. The Balaban J connectivity index is 1.01. The number of rotatable bonds is 6. The number of nitrogens with one attached hydrogen (secondary N) is 1. The van der Waals surface area contributed by atoms with Crippen LogP contribution in [0.15, 0.2) is 66.7 Å². The number of hydrogen-bond acceptors (Lipinski definition) is 9. The molecule has 4 heterocycles. The standard InChI is InChI=1S/C29H30N6O5/c36-29(30-23-7-3-5-20-4-1-2-6-22(20)23)40-25-18-39-26-24(17-38-27(25)26)35-28(31-32-33-35)21-10-8-19(9-11-21)16-34-12-14-37-15-13-34/h1-11,24-27H,12-18H2,(H,30,36). The van der Waals surface area contributed by atoms with Crippen LogP contribution in [0.25, 0.3) is 22.2 Å². The number of hydrogen-bond donors (Lipinski definition) is 1. The van der Waals surface area contributed by atoms with Crippen molar-refractivity contribution in [3.8, 4) is 11.4 Å². The van der Waals surface area contributed by atoms with Crippen molar-refractivity contribution >= 4 is 22.6 Å². The molecule has 0 spiro atoms. The van der Waals surface area contributed by atoms with Gasteiger partial charge in [-0.1, -0.05) is 60.7 Å². The number of carbonyl (C=O) groups excluding carboxylic acids is 1. The fourth-order valence-electron chi connectivity index (χ4n) is 5.75. The highest BCUT2D eigenvalue weighted by Crippen LogP contribution is 2.37. The van der Waals surface area contributed by atoms with E-state index in [1.807, 2.05) is 54.6 Å². The number of benzene rings is 3. The lowest BCUT2D eigenvalue weighted by Crippen LogP contribution is -2.35. The van der Waals surface area contributed by atoms with Crippen molar-refractivity contribution in [1.82, 2.24) is 25.1 Å². The van der Waals surface area contributed by atoms with Crippen LogP contribution in [0, 0.1) is 0 Å². The Morgan fingerprint density at radius 2 is 1.75 bits per heavy atom. The minimum absolute atomic E-state index is 0.238. The molecule has 0 aliphatic carbocycles. The second-order valence-electron chi connectivity index (χ2n) is 10.3. The molecular formula is C29H30N6O5. The molecule has 3 aliphatic rings. The van der Waals surface area contributed by atoms with Gasteiger partial charge in [-0.3, -0.25) is 10.2 Å². The van der Waals surface area contributed by atoms with E-state index >= 15 is 0 Å². The van der Waals surface area contributed by atoms with Crippen molar-refractivity contribution in [2.75, 3.05) is 44.8 Å². The molecule has 0 radical (unpaired) electrons. The first-order valence-electron chi connectivity index (χ1n) is 13.6. The lowest BCUT2D eigenvalue weighted by Gasteiger charge is -2.26. The molecule has 11 heteroatoms. The lowest BCUT2D eigenvalue weighted by atomic mass is 10.1. The van der Waals surface area contributed by atoms with Gasteiger partial charge in [0, 0.05) is 30.6 Å². The van der Waals surface area contributed by atoms with Crippen molar-refractivity contribution in [3.63, 3.8) is 0 Å². The predicted molar refractivity (Wildman–Crippen MR) is 146 cm³/mol. The van der Waals surface area contributed by atoms with Gasteiger partial charge >= 0.3 is 6.09 Å². The van der Waals surface area contributed by atoms with E-state index in [1.165, 1.54) is 5.56 Å². The second kappa shape index (κ2) is 10.9. The summed E-state index contributed by atoms with van der Waals surface area (Å²) in [6.07, 6.45) is -1.82. The van der Waals surface area contributed by atoms with Crippen LogP contribution in [0.3, 0.4) is 0 Å². The molecule has 0 saturated carbocycles. The van der Waals surface area contributed by atoms with Gasteiger partial charge in [0.1, 0.15) is 18.2 Å². The zero-order chi connectivity index (χ0) is 26.9. The summed E-state index contributed by atoms with van der Waals surface area (Å²) in [6, 6.07) is 21.7. The number of carbonyl (C=O) groups is 1. The predicted octanol–water partition coefficient (Wildman–Crippen LogP) is 3.28. The Labute approximate surface area is 230 Å². The van der Waals surface area contributed by atoms with E-state index in [0.29, 0.717) is 18.1 Å². The monoisotopic (exact) mass is 542 g/mol. The second-order valence-corrected chi connectivity index (χ2v) is 10.3. The topological polar surface area (TPSA) is 113 Å². The number of amides is 1. The molecule has 0 bridgehead atoms. The molecule has 206 valence electrons. The van der Waals surface area contributed by atoms with E-state index in [0.717, 1.165) is 49.2 Å². The van der Waals surface area contributed by atoms with E-state index in [4.69, 9.17) is 18.9 Å². The molecule has 40 heavy (non-hydrogen) atoms. The first kappa shape index (κ1) is 25.1. The third-order valence-electron chi connectivity index (χ3n) is 7.80. The molecule has 3 saturated heterocycles. The third-order valence-corrected chi connectivity index (χ3v) is 7.80. The molecule has 3 fully saturated rings. The van der Waals surface area contributed by atoms with Crippen LogP contribution in [0.4, 0.5) is 10.5 Å². The number of ether oxygens (including phenoxy) is 4. The first-order chi connectivity index (χ1) is 19.7. The summed E-state index contributed by atoms with van der Waals surface area (Å²) >= 11 is 0. The zero-order valence-corrected chi connectivity index (χ0v) is 21.9. The van der Waals surface area contributed by atoms with Gasteiger partial charge in [0.25, 0.3) is 0 Å². The Kier molecular flexibility index (Phi) is 6.86. The number of tetrazole rings is 1. The fourth-order valence-corrected chi connectivity index (χ4v) is 5.75. The van der Waals surface area contributed by atoms with Crippen molar-refractivity contribution in [2.45, 2.75) is 30.9 Å². The molecule has 7 rings (SSSR count). The van der Waals surface area contributed by atoms with Crippen LogP contribution in [0.2, 0.25) is 0 Å². The summed E-state index contributed by atoms with van der Waals surface area (Å²) in [5.74, 6) is 0.647. The number of aromatic nitrogens is 4. The van der Waals surface area contributed by atoms with Crippen LogP contribution >= 0.6 is 0 Å². The van der Waals surface area contributed by atoms with Crippen molar-refractivity contribution < 1.29 is 23.7 Å². The van der Waals surface area contributed by atoms with Crippen molar-refractivity contribution in [1.29, 1.82) is 0 Å². The van der Waals surface area contributed by atoms with Gasteiger partial charge in [-0.25, -0.2) is 9.48 Å². The average Bonchev–Trinajstić information content (AvgIpc) is 3.72. The summed E-state index contributed by atoms with van der Waals surface area (Å²) < 4.78 is 25.1. The van der Waals surface area contributed by atoms with Gasteiger partial charge in [-0.2, -0.15) is 0 Å². The molecular weight excluding hydrogens is 512 g/mol. The molecule has 3 aliphatic heterocycles. The Morgan fingerprint density at radius 3 is 2.62 bits per heavy atom. The maximum absolute atomic E-state index is 12.8. The zero-order valence-electron chi connectivity index (χ0n) is 21.9. The number of nitrogens with zero attached hydrogens (tertiary/aromatic N) is 5. The Bertz CT molecular complexity index is 1480. The highest BCUT2D eigenvalue weighted by molar-refractivity contribution is 6.00. The number of fused-ring (bicyclic) bond motifs is 2. The molecule has 1 N–H and O–H groups in total. The molecule has 1 aromatic heterocycles. The van der Waals surface area contributed by atoms with Crippen LogP contribution < -0.4 is 5.32 Å². The average molecular weight is 543 g/mol. The molecule has 4 unspecified atom stereocenters. The summed E-state index contributed by atoms with van der Waals surface area (Å²) in [6.45, 7) is 4.93. The molecule has 3 aromatic carbocycles. The Morgan fingerprint density at radius 1 is 0.950 bits per heavy atom. The summed E-state index contributed by atoms with van der Waals surface area (Å²) in [5, 5.41) is 17.4. The highest BCUT2D eigenvalue weighted by Gasteiger charge is 2.51. The first-order valence-corrected chi connectivity index (χ1v) is 13.6. The normalized spacial score (nSPS) is 24.7. The van der Waals surface area contributed by atoms with Crippen molar-refractivity contribution in [3.05, 3.63) is 72.3 Å². The molecule has 11 nitrogen and oxygen atoms in total. The van der Waals surface area contributed by atoms with Crippen LogP contribution in [-0.2, 0) is 25.5 Å². The van der Waals surface area contributed by atoms with Gasteiger partial charge in [0.2, 0.25) is 0 Å². The van der Waals surface area contributed by atoms with E-state index in [9.17, 15) is 4.79 Å². The number of morpholine rings is 1. The molecule has 1 amide bonds. The smallest absolute Gasteiger partial charge is 0.412 e. The number of anilines is 1. The summed E-state index contributed by atoms with van der Waals surface area (Å²) in [7, 11) is 0. The maximum atomic E-state index is 12.8. The largest absolute Gasteiger partial charge is 0.441 e. The van der Waals surface area contributed by atoms with Crippen molar-refractivity contribution in [2.24, 2.45) is 0 Å². The van der Waals surface area contributed by atoms with Crippen LogP contribution in [0.5, 0.6) is 0 Å². The van der Waals surface area contributed by atoms with Crippen LogP contribution in [-0.4, -0.2) is 89.0 Å². The summed E-state index contributed by atoms with van der Waals surface area (Å²) in [4.78, 5) is 15.2.